The molecule has 118 valence electrons. The number of amides is 1. The number of hydrogen-bond acceptors (Lipinski definition) is 5. The summed E-state index contributed by atoms with van der Waals surface area (Å²) in [5.74, 6) is 0. The van der Waals surface area contributed by atoms with Crippen molar-refractivity contribution in [2.45, 2.75) is 36.4 Å². The van der Waals surface area contributed by atoms with Crippen molar-refractivity contribution in [2.24, 2.45) is 0 Å². The van der Waals surface area contributed by atoms with Crippen molar-refractivity contribution in [3.63, 3.8) is 0 Å². The molecule has 0 bridgehead atoms. The van der Waals surface area contributed by atoms with Crippen LogP contribution in [0.5, 0.6) is 0 Å². The number of rotatable bonds is 4. The SMILES string of the molecule is CCc1ccc(S(=O)(=O)N2CCC(NC(=O)OC)CC2)s1. The first-order chi connectivity index (χ1) is 9.97. The quantitative estimate of drug-likeness (QED) is 0.912. The molecule has 0 radical (unpaired) electrons. The lowest BCUT2D eigenvalue weighted by Crippen LogP contribution is -2.46. The average Bonchev–Trinajstić information content (AvgIpc) is 2.97. The molecule has 21 heavy (non-hydrogen) atoms. The first-order valence-corrected chi connectivity index (χ1v) is 9.16. The summed E-state index contributed by atoms with van der Waals surface area (Å²) in [7, 11) is -2.08. The fourth-order valence-corrected chi connectivity index (χ4v) is 5.20. The molecule has 2 rings (SSSR count). The van der Waals surface area contributed by atoms with Crippen LogP contribution in [0.1, 0.15) is 24.6 Å². The van der Waals surface area contributed by atoms with Gasteiger partial charge in [-0.3, -0.25) is 0 Å². The molecular weight excluding hydrogens is 312 g/mol. The van der Waals surface area contributed by atoms with Gasteiger partial charge in [-0.05, 0) is 31.4 Å². The van der Waals surface area contributed by atoms with Crippen LogP contribution >= 0.6 is 11.3 Å². The van der Waals surface area contributed by atoms with Crippen LogP contribution in [0.15, 0.2) is 16.3 Å². The van der Waals surface area contributed by atoms with Crippen LogP contribution in [0.2, 0.25) is 0 Å². The fourth-order valence-electron chi connectivity index (χ4n) is 2.28. The Morgan fingerprint density at radius 2 is 2.10 bits per heavy atom. The number of nitrogens with one attached hydrogen (secondary N) is 1. The minimum atomic E-state index is -3.40. The number of ether oxygens (including phenoxy) is 1. The second-order valence-electron chi connectivity index (χ2n) is 4.89. The number of carbonyl (C=O) groups is 1. The number of alkyl carbamates (subject to hydrolysis) is 1. The summed E-state index contributed by atoms with van der Waals surface area (Å²) in [6, 6.07) is 3.51. The summed E-state index contributed by atoms with van der Waals surface area (Å²) in [5, 5.41) is 2.71. The molecule has 1 N–H and O–H groups in total. The van der Waals surface area contributed by atoms with E-state index in [2.05, 4.69) is 10.1 Å². The third-order valence-electron chi connectivity index (χ3n) is 3.54. The topological polar surface area (TPSA) is 75.7 Å². The van der Waals surface area contributed by atoms with Crippen LogP contribution < -0.4 is 5.32 Å². The molecule has 1 aromatic rings. The van der Waals surface area contributed by atoms with Crippen molar-refractivity contribution in [1.82, 2.24) is 9.62 Å². The molecule has 0 atom stereocenters. The van der Waals surface area contributed by atoms with E-state index in [9.17, 15) is 13.2 Å². The minimum absolute atomic E-state index is 0.0292. The second kappa shape index (κ2) is 6.76. The number of thiophene rings is 1. The summed E-state index contributed by atoms with van der Waals surface area (Å²) in [5.41, 5.74) is 0. The van der Waals surface area contributed by atoms with E-state index in [1.54, 1.807) is 6.07 Å². The highest BCUT2D eigenvalue weighted by Gasteiger charge is 2.30. The predicted octanol–water partition coefficient (Wildman–Crippen LogP) is 1.82. The van der Waals surface area contributed by atoms with E-state index in [-0.39, 0.29) is 6.04 Å². The summed E-state index contributed by atoms with van der Waals surface area (Å²) < 4.78 is 31.5. The molecule has 0 spiro atoms. The number of nitrogens with zero attached hydrogens (tertiary/aromatic N) is 1. The summed E-state index contributed by atoms with van der Waals surface area (Å²) in [6.07, 6.45) is 1.56. The standard InChI is InChI=1S/C13H20N2O4S2/c1-3-11-4-5-12(20-11)21(17,18)15-8-6-10(7-9-15)14-13(16)19-2/h4-5,10H,3,6-9H2,1-2H3,(H,14,16). The Morgan fingerprint density at radius 3 is 2.62 bits per heavy atom. The molecule has 1 saturated heterocycles. The van der Waals surface area contributed by atoms with Gasteiger partial charge in [-0.15, -0.1) is 11.3 Å². The number of piperidine rings is 1. The number of methoxy groups -OCH3 is 1. The molecule has 1 aliphatic heterocycles. The number of hydrogen-bond donors (Lipinski definition) is 1. The Bertz CT molecular complexity index is 589. The Morgan fingerprint density at radius 1 is 1.43 bits per heavy atom. The lowest BCUT2D eigenvalue weighted by molar-refractivity contribution is 0.161. The average molecular weight is 332 g/mol. The van der Waals surface area contributed by atoms with E-state index >= 15 is 0 Å². The third kappa shape index (κ3) is 3.75. The van der Waals surface area contributed by atoms with Gasteiger partial charge in [-0.2, -0.15) is 4.31 Å². The zero-order valence-electron chi connectivity index (χ0n) is 12.2. The molecule has 0 saturated carbocycles. The van der Waals surface area contributed by atoms with Gasteiger partial charge in [0.25, 0.3) is 10.0 Å². The van der Waals surface area contributed by atoms with Crippen molar-refractivity contribution in [3.05, 3.63) is 17.0 Å². The van der Waals surface area contributed by atoms with Crippen molar-refractivity contribution in [3.8, 4) is 0 Å². The zero-order chi connectivity index (χ0) is 15.5. The highest BCUT2D eigenvalue weighted by atomic mass is 32.2. The molecular formula is C13H20N2O4S2. The smallest absolute Gasteiger partial charge is 0.407 e. The van der Waals surface area contributed by atoms with Crippen LogP contribution in [-0.2, 0) is 21.2 Å². The van der Waals surface area contributed by atoms with Crippen LogP contribution in [-0.4, -0.2) is 45.1 Å². The van der Waals surface area contributed by atoms with E-state index in [0.29, 0.717) is 30.1 Å². The molecule has 8 heteroatoms. The summed E-state index contributed by atoms with van der Waals surface area (Å²) >= 11 is 1.33. The molecule has 6 nitrogen and oxygen atoms in total. The molecule has 1 amide bonds. The fraction of sp³-hybridized carbons (Fsp3) is 0.615. The second-order valence-corrected chi connectivity index (χ2v) is 8.22. The lowest BCUT2D eigenvalue weighted by atomic mass is 10.1. The maximum absolute atomic E-state index is 12.5. The van der Waals surface area contributed by atoms with Gasteiger partial charge in [0.15, 0.2) is 0 Å². The Hall–Kier alpha value is -1.12. The van der Waals surface area contributed by atoms with E-state index < -0.39 is 16.1 Å². The Labute approximate surface area is 129 Å². The zero-order valence-corrected chi connectivity index (χ0v) is 13.8. The van der Waals surface area contributed by atoms with Crippen LogP contribution in [0.25, 0.3) is 0 Å². The van der Waals surface area contributed by atoms with Crippen molar-refractivity contribution in [1.29, 1.82) is 0 Å². The van der Waals surface area contributed by atoms with Crippen LogP contribution in [0.4, 0.5) is 4.79 Å². The Balaban J connectivity index is 1.99. The first kappa shape index (κ1) is 16.3. The summed E-state index contributed by atoms with van der Waals surface area (Å²) in [6.45, 7) is 2.83. The van der Waals surface area contributed by atoms with E-state index in [1.807, 2.05) is 13.0 Å². The molecule has 0 aliphatic carbocycles. The van der Waals surface area contributed by atoms with E-state index in [0.717, 1.165) is 11.3 Å². The number of aryl methyl sites for hydroxylation is 1. The highest BCUT2D eigenvalue weighted by Crippen LogP contribution is 2.27. The molecule has 1 fully saturated rings. The Kier molecular flexibility index (Phi) is 5.23. The monoisotopic (exact) mass is 332 g/mol. The molecule has 0 aromatic carbocycles. The van der Waals surface area contributed by atoms with Crippen LogP contribution in [0, 0.1) is 0 Å². The minimum Gasteiger partial charge on any atom is -0.453 e. The van der Waals surface area contributed by atoms with E-state index in [4.69, 9.17) is 0 Å². The van der Waals surface area contributed by atoms with Gasteiger partial charge in [0.1, 0.15) is 4.21 Å². The van der Waals surface area contributed by atoms with Crippen molar-refractivity contribution >= 4 is 27.5 Å². The molecule has 0 unspecified atom stereocenters. The van der Waals surface area contributed by atoms with Gasteiger partial charge >= 0.3 is 6.09 Å². The molecule has 1 aromatic heterocycles. The van der Waals surface area contributed by atoms with Gasteiger partial charge < -0.3 is 10.1 Å². The normalized spacial score (nSPS) is 17.6. The highest BCUT2D eigenvalue weighted by molar-refractivity contribution is 7.91. The van der Waals surface area contributed by atoms with Gasteiger partial charge in [0.2, 0.25) is 0 Å². The molecule has 1 aliphatic rings. The number of carbonyl (C=O) groups excluding carboxylic acids is 1. The van der Waals surface area contributed by atoms with Gasteiger partial charge in [0, 0.05) is 24.0 Å². The first-order valence-electron chi connectivity index (χ1n) is 6.90. The van der Waals surface area contributed by atoms with E-state index in [1.165, 1.54) is 22.8 Å². The predicted molar refractivity (Wildman–Crippen MR) is 81.0 cm³/mol. The van der Waals surface area contributed by atoms with Crippen LogP contribution in [0.3, 0.4) is 0 Å². The number of sulfonamides is 1. The van der Waals surface area contributed by atoms with Gasteiger partial charge in [-0.25, -0.2) is 13.2 Å². The van der Waals surface area contributed by atoms with Gasteiger partial charge in [0.05, 0.1) is 7.11 Å². The summed E-state index contributed by atoms with van der Waals surface area (Å²) in [4.78, 5) is 12.2. The van der Waals surface area contributed by atoms with Crippen molar-refractivity contribution < 1.29 is 17.9 Å². The maximum Gasteiger partial charge on any atom is 0.407 e. The van der Waals surface area contributed by atoms with Gasteiger partial charge in [-0.1, -0.05) is 6.92 Å². The lowest BCUT2D eigenvalue weighted by Gasteiger charge is -2.30. The third-order valence-corrected chi connectivity index (χ3v) is 7.14. The maximum atomic E-state index is 12.5. The van der Waals surface area contributed by atoms with Crippen molar-refractivity contribution in [2.75, 3.05) is 20.2 Å². The largest absolute Gasteiger partial charge is 0.453 e. The molecule has 2 heterocycles.